The van der Waals surface area contributed by atoms with Crippen LogP contribution in [0, 0.1) is 11.3 Å². The van der Waals surface area contributed by atoms with Crippen molar-refractivity contribution >= 4 is 34.2 Å². The first kappa shape index (κ1) is 21.8. The van der Waals surface area contributed by atoms with Crippen LogP contribution >= 0.6 is 11.3 Å². The molecule has 5 nitrogen and oxygen atoms in total. The Balaban J connectivity index is 1.64. The van der Waals surface area contributed by atoms with Gasteiger partial charge in [0.15, 0.2) is 0 Å². The van der Waals surface area contributed by atoms with Gasteiger partial charge in [0.1, 0.15) is 11.1 Å². The fourth-order valence-corrected chi connectivity index (χ4v) is 4.79. The first-order valence-corrected chi connectivity index (χ1v) is 11.3. The summed E-state index contributed by atoms with van der Waals surface area (Å²) in [6.45, 7) is 3.31. The number of nitrogens with one attached hydrogen (secondary N) is 1. The Bertz CT molecular complexity index is 957. The molecule has 0 fully saturated rings. The summed E-state index contributed by atoms with van der Waals surface area (Å²) in [5.74, 6) is -0.0853. The Hall–Kier alpha value is -2.91. The highest BCUT2D eigenvalue weighted by Crippen LogP contribution is 2.36. The maximum absolute atomic E-state index is 12.5. The molecule has 3 rings (SSSR count). The number of unbranched alkanes of at least 4 members (excludes halogenated alkanes) is 3. The maximum Gasteiger partial charge on any atom is 0.249 e. The third kappa shape index (κ3) is 5.58. The largest absolute Gasteiger partial charge is 0.337 e. The van der Waals surface area contributed by atoms with Crippen LogP contribution in [0.3, 0.4) is 0 Å². The van der Waals surface area contributed by atoms with E-state index in [-0.39, 0.29) is 11.8 Å². The number of fused-ring (bicyclic) bond motifs is 1. The van der Waals surface area contributed by atoms with E-state index in [2.05, 4.69) is 18.3 Å². The first-order valence-electron chi connectivity index (χ1n) is 10.5. The lowest BCUT2D eigenvalue weighted by atomic mass is 10.0. The summed E-state index contributed by atoms with van der Waals surface area (Å²) in [5, 5.41) is 13.1. The molecule has 0 aliphatic carbocycles. The van der Waals surface area contributed by atoms with Crippen molar-refractivity contribution in [2.24, 2.45) is 0 Å². The van der Waals surface area contributed by atoms with E-state index in [9.17, 15) is 14.9 Å². The summed E-state index contributed by atoms with van der Waals surface area (Å²) in [6.07, 6.45) is 8.79. The van der Waals surface area contributed by atoms with E-state index in [1.165, 1.54) is 17.4 Å². The molecule has 1 N–H and O–H groups in total. The number of amides is 2. The van der Waals surface area contributed by atoms with Gasteiger partial charge in [-0.2, -0.15) is 5.26 Å². The molecule has 6 heteroatoms. The molecule has 0 bridgehead atoms. The van der Waals surface area contributed by atoms with E-state index in [4.69, 9.17) is 0 Å². The summed E-state index contributed by atoms with van der Waals surface area (Å²) < 4.78 is 0. The van der Waals surface area contributed by atoms with Gasteiger partial charge in [0.2, 0.25) is 11.8 Å². The quantitative estimate of drug-likeness (QED) is 0.474. The smallest absolute Gasteiger partial charge is 0.249 e. The predicted molar refractivity (Wildman–Crippen MR) is 121 cm³/mol. The Kier molecular flexibility index (Phi) is 7.81. The number of hydrogen-bond donors (Lipinski definition) is 1. The molecule has 0 radical (unpaired) electrons. The number of thiophene rings is 1. The molecule has 0 saturated heterocycles. The van der Waals surface area contributed by atoms with E-state index < -0.39 is 0 Å². The molecule has 156 valence electrons. The Labute approximate surface area is 182 Å². The van der Waals surface area contributed by atoms with E-state index in [0.29, 0.717) is 36.5 Å². The van der Waals surface area contributed by atoms with Crippen molar-refractivity contribution in [2.75, 3.05) is 11.9 Å². The van der Waals surface area contributed by atoms with E-state index in [1.807, 2.05) is 35.2 Å². The molecule has 30 heavy (non-hydrogen) atoms. The topological polar surface area (TPSA) is 73.2 Å². The number of carbonyl (C=O) groups is 2. The van der Waals surface area contributed by atoms with E-state index >= 15 is 0 Å². The summed E-state index contributed by atoms with van der Waals surface area (Å²) in [5.41, 5.74) is 2.44. The van der Waals surface area contributed by atoms with Crippen molar-refractivity contribution in [2.45, 2.75) is 52.0 Å². The molecule has 0 spiro atoms. The van der Waals surface area contributed by atoms with Crippen molar-refractivity contribution < 1.29 is 9.59 Å². The molecular formula is C24H27N3O2S. The standard InChI is InChI=1S/C24H27N3O2S/c1-2-3-4-8-11-23(29)27-15-14-19-20(16-25)24(30-21(19)17-27)26-22(28)13-12-18-9-6-5-7-10-18/h5-7,9-10,12-13H,2-4,8,11,14-15,17H2,1H3,(H,26,28)/b13-12+. The minimum atomic E-state index is -0.266. The lowest BCUT2D eigenvalue weighted by Crippen LogP contribution is -2.35. The second-order valence-corrected chi connectivity index (χ2v) is 8.53. The fraction of sp³-hybridized carbons (Fsp3) is 0.375. The van der Waals surface area contributed by atoms with Gasteiger partial charge in [-0.25, -0.2) is 0 Å². The van der Waals surface area contributed by atoms with Gasteiger partial charge in [-0.15, -0.1) is 11.3 Å². The molecule has 2 amide bonds. The monoisotopic (exact) mass is 421 g/mol. The molecule has 0 atom stereocenters. The van der Waals surface area contributed by atoms with Gasteiger partial charge in [0.25, 0.3) is 0 Å². The molecule has 0 saturated carbocycles. The van der Waals surface area contributed by atoms with E-state index in [1.54, 1.807) is 6.08 Å². The second-order valence-electron chi connectivity index (χ2n) is 7.43. The molecule has 0 unspecified atom stereocenters. The lowest BCUT2D eigenvalue weighted by Gasteiger charge is -2.27. The SMILES string of the molecule is CCCCCCC(=O)N1CCc2c(sc(NC(=O)/C=C/c3ccccc3)c2C#N)C1. The highest BCUT2D eigenvalue weighted by Gasteiger charge is 2.27. The number of nitrogens with zero attached hydrogens (tertiary/aromatic N) is 2. The fourth-order valence-electron chi connectivity index (χ4n) is 3.57. The van der Waals surface area contributed by atoms with Crippen molar-refractivity contribution in [3.05, 3.63) is 58.0 Å². The molecule has 1 aromatic heterocycles. The minimum Gasteiger partial charge on any atom is -0.337 e. The summed E-state index contributed by atoms with van der Waals surface area (Å²) in [4.78, 5) is 27.7. The zero-order chi connectivity index (χ0) is 21.3. The van der Waals surface area contributed by atoms with Crippen LogP contribution in [0.5, 0.6) is 0 Å². The van der Waals surface area contributed by atoms with Crippen molar-refractivity contribution in [3.63, 3.8) is 0 Å². The zero-order valence-electron chi connectivity index (χ0n) is 17.3. The number of benzene rings is 1. The van der Waals surface area contributed by atoms with Crippen LogP contribution in [0.25, 0.3) is 6.08 Å². The highest BCUT2D eigenvalue weighted by molar-refractivity contribution is 7.16. The van der Waals surface area contributed by atoms with Gasteiger partial charge in [0, 0.05) is 23.9 Å². The lowest BCUT2D eigenvalue weighted by molar-refractivity contribution is -0.132. The molecule has 1 aromatic carbocycles. The Morgan fingerprint density at radius 1 is 1.23 bits per heavy atom. The van der Waals surface area contributed by atoms with Gasteiger partial charge >= 0.3 is 0 Å². The summed E-state index contributed by atoms with van der Waals surface area (Å²) in [6, 6.07) is 11.8. The predicted octanol–water partition coefficient (Wildman–Crippen LogP) is 5.13. The average molecular weight is 422 g/mol. The van der Waals surface area contributed by atoms with Crippen LogP contribution in [-0.2, 0) is 22.6 Å². The van der Waals surface area contributed by atoms with Crippen LogP contribution < -0.4 is 5.32 Å². The van der Waals surface area contributed by atoms with Crippen LogP contribution in [0.4, 0.5) is 5.00 Å². The normalized spacial score (nSPS) is 13.1. The zero-order valence-corrected chi connectivity index (χ0v) is 18.1. The van der Waals surface area contributed by atoms with Crippen LogP contribution in [0.15, 0.2) is 36.4 Å². The van der Waals surface area contributed by atoms with Crippen LogP contribution in [-0.4, -0.2) is 23.3 Å². The molecule has 2 heterocycles. The second kappa shape index (κ2) is 10.7. The molecule has 1 aliphatic rings. The number of nitriles is 1. The Morgan fingerprint density at radius 2 is 2.03 bits per heavy atom. The molecular weight excluding hydrogens is 394 g/mol. The van der Waals surface area contributed by atoms with Crippen molar-refractivity contribution in [1.82, 2.24) is 4.90 Å². The first-order chi connectivity index (χ1) is 14.6. The average Bonchev–Trinajstić information content (AvgIpc) is 3.11. The van der Waals surface area contributed by atoms with Crippen molar-refractivity contribution in [3.8, 4) is 6.07 Å². The van der Waals surface area contributed by atoms with E-state index in [0.717, 1.165) is 41.7 Å². The number of rotatable bonds is 8. The van der Waals surface area contributed by atoms with Gasteiger partial charge in [-0.05, 0) is 30.0 Å². The highest BCUT2D eigenvalue weighted by atomic mass is 32.1. The van der Waals surface area contributed by atoms with Crippen LogP contribution in [0.2, 0.25) is 0 Å². The molecule has 2 aromatic rings. The third-order valence-corrected chi connectivity index (χ3v) is 6.36. The number of anilines is 1. The Morgan fingerprint density at radius 3 is 2.77 bits per heavy atom. The number of carbonyl (C=O) groups excluding carboxylic acids is 2. The van der Waals surface area contributed by atoms with Gasteiger partial charge in [-0.3, -0.25) is 9.59 Å². The van der Waals surface area contributed by atoms with Gasteiger partial charge in [-0.1, -0.05) is 56.5 Å². The van der Waals surface area contributed by atoms with Crippen LogP contribution in [0.1, 0.15) is 60.6 Å². The summed E-state index contributed by atoms with van der Waals surface area (Å²) in [7, 11) is 0. The van der Waals surface area contributed by atoms with Gasteiger partial charge in [0.05, 0.1) is 12.1 Å². The minimum absolute atomic E-state index is 0.181. The molecule has 1 aliphatic heterocycles. The number of hydrogen-bond acceptors (Lipinski definition) is 4. The van der Waals surface area contributed by atoms with Crippen molar-refractivity contribution in [1.29, 1.82) is 5.26 Å². The maximum atomic E-state index is 12.5. The third-order valence-electron chi connectivity index (χ3n) is 5.23. The van der Waals surface area contributed by atoms with Gasteiger partial charge < -0.3 is 10.2 Å². The summed E-state index contributed by atoms with van der Waals surface area (Å²) >= 11 is 1.41.